The third-order valence-corrected chi connectivity index (χ3v) is 3.62. The van der Waals surface area contributed by atoms with Gasteiger partial charge in [-0.3, -0.25) is 0 Å². The number of rotatable bonds is 1. The molecule has 0 heteroatoms. The van der Waals surface area contributed by atoms with Gasteiger partial charge in [0.25, 0.3) is 0 Å². The molecule has 0 atom stereocenters. The maximum atomic E-state index is 4.27. The number of hydrogen-bond donors (Lipinski definition) is 0. The largest absolute Gasteiger partial charge is 0.0990 e. The summed E-state index contributed by atoms with van der Waals surface area (Å²) >= 11 is 0. The van der Waals surface area contributed by atoms with Crippen LogP contribution in [0.5, 0.6) is 0 Å². The number of allylic oxidation sites excluding steroid dienone is 1. The zero-order valence-electron chi connectivity index (χ0n) is 11.1. The fraction of sp³-hybridized carbons (Fsp3) is 0.0526. The molecule has 92 valence electrons. The van der Waals surface area contributed by atoms with Gasteiger partial charge in [0.15, 0.2) is 0 Å². The first-order valence-electron chi connectivity index (χ1n) is 6.45. The Hall–Kier alpha value is -2.34. The first kappa shape index (κ1) is 11.7. The van der Waals surface area contributed by atoms with E-state index in [1.54, 1.807) is 0 Å². The van der Waals surface area contributed by atoms with Gasteiger partial charge in [-0.05, 0) is 38.9 Å². The zero-order chi connectivity index (χ0) is 13.4. The van der Waals surface area contributed by atoms with Gasteiger partial charge in [-0.25, -0.2) is 0 Å². The van der Waals surface area contributed by atoms with Crippen molar-refractivity contribution in [3.05, 3.63) is 71.1 Å². The lowest BCUT2D eigenvalue weighted by atomic mass is 9.96. The van der Waals surface area contributed by atoms with Gasteiger partial charge in [0.1, 0.15) is 0 Å². The van der Waals surface area contributed by atoms with Crippen LogP contribution in [0.4, 0.5) is 0 Å². The van der Waals surface area contributed by atoms with Crippen LogP contribution in [0.3, 0.4) is 0 Å². The average molecular weight is 244 g/mol. The molecule has 0 aliphatic carbocycles. The molecule has 0 bridgehead atoms. The maximum absolute atomic E-state index is 4.27. The fourth-order valence-corrected chi connectivity index (χ4v) is 2.71. The van der Waals surface area contributed by atoms with E-state index >= 15 is 0 Å². The van der Waals surface area contributed by atoms with E-state index in [1.807, 2.05) is 6.08 Å². The molecule has 3 aromatic rings. The van der Waals surface area contributed by atoms with Crippen molar-refractivity contribution in [2.45, 2.75) is 6.92 Å². The Morgan fingerprint density at radius 1 is 0.895 bits per heavy atom. The molecule has 0 radical (unpaired) electrons. The van der Waals surface area contributed by atoms with Crippen LogP contribution in [0.25, 0.3) is 34.2 Å². The van der Waals surface area contributed by atoms with Crippen LogP contribution in [0.15, 0.2) is 55.1 Å². The van der Waals surface area contributed by atoms with Gasteiger partial charge in [-0.1, -0.05) is 73.3 Å². The summed E-state index contributed by atoms with van der Waals surface area (Å²) in [5.41, 5.74) is 1.26. The van der Waals surface area contributed by atoms with E-state index < -0.39 is 0 Å². The SMILES string of the molecule is C=C/C=c1\c(=C)c2ccccc2c2ccc(C)cc12. The second-order valence-electron chi connectivity index (χ2n) is 4.89. The van der Waals surface area contributed by atoms with Crippen LogP contribution in [-0.4, -0.2) is 0 Å². The summed E-state index contributed by atoms with van der Waals surface area (Å²) in [6.45, 7) is 10.2. The average Bonchev–Trinajstić information content (AvgIpc) is 2.43. The van der Waals surface area contributed by atoms with E-state index in [1.165, 1.54) is 32.3 Å². The van der Waals surface area contributed by atoms with Gasteiger partial charge in [0.2, 0.25) is 0 Å². The lowest BCUT2D eigenvalue weighted by Crippen LogP contribution is -2.24. The van der Waals surface area contributed by atoms with Crippen LogP contribution in [0, 0.1) is 6.92 Å². The standard InChI is InChI=1S/C19H16/c1-4-7-15-14(3)16-8-5-6-9-17(16)18-11-10-13(2)12-19(15)18/h4-12H,1,3H2,2H3/b15-7+. The zero-order valence-corrected chi connectivity index (χ0v) is 11.1. The third-order valence-electron chi connectivity index (χ3n) is 3.62. The van der Waals surface area contributed by atoms with Gasteiger partial charge in [-0.15, -0.1) is 0 Å². The van der Waals surface area contributed by atoms with Crippen LogP contribution in [0.2, 0.25) is 0 Å². The van der Waals surface area contributed by atoms with E-state index in [-0.39, 0.29) is 0 Å². The van der Waals surface area contributed by atoms with E-state index in [2.05, 4.69) is 68.6 Å². The summed E-state index contributed by atoms with van der Waals surface area (Å²) in [7, 11) is 0. The minimum atomic E-state index is 1.08. The van der Waals surface area contributed by atoms with Crippen molar-refractivity contribution < 1.29 is 0 Å². The lowest BCUT2D eigenvalue weighted by Gasteiger charge is -2.07. The predicted molar refractivity (Wildman–Crippen MR) is 85.6 cm³/mol. The van der Waals surface area contributed by atoms with Crippen LogP contribution in [0.1, 0.15) is 5.56 Å². The third kappa shape index (κ3) is 1.77. The number of fused-ring (bicyclic) bond motifs is 3. The molecular formula is C19H16. The summed E-state index contributed by atoms with van der Waals surface area (Å²) < 4.78 is 0. The number of benzene rings is 3. The van der Waals surface area contributed by atoms with Crippen LogP contribution in [-0.2, 0) is 0 Å². The van der Waals surface area contributed by atoms with E-state index in [0.29, 0.717) is 0 Å². The van der Waals surface area contributed by atoms with Crippen molar-refractivity contribution in [1.29, 1.82) is 0 Å². The molecule has 0 saturated heterocycles. The van der Waals surface area contributed by atoms with Gasteiger partial charge in [-0.2, -0.15) is 0 Å². The summed E-state index contributed by atoms with van der Waals surface area (Å²) in [4.78, 5) is 0. The Morgan fingerprint density at radius 3 is 2.32 bits per heavy atom. The minimum absolute atomic E-state index is 1.08. The summed E-state index contributed by atoms with van der Waals surface area (Å²) in [6.07, 6.45) is 3.89. The first-order valence-corrected chi connectivity index (χ1v) is 6.45. The van der Waals surface area contributed by atoms with Gasteiger partial charge >= 0.3 is 0 Å². The van der Waals surface area contributed by atoms with E-state index in [0.717, 1.165) is 5.22 Å². The van der Waals surface area contributed by atoms with Crippen LogP contribution >= 0.6 is 0 Å². The minimum Gasteiger partial charge on any atom is -0.0990 e. The Bertz CT molecular complexity index is 899. The molecule has 0 aliphatic rings. The van der Waals surface area contributed by atoms with E-state index in [9.17, 15) is 0 Å². The van der Waals surface area contributed by atoms with Crippen molar-refractivity contribution in [3.8, 4) is 0 Å². The second-order valence-corrected chi connectivity index (χ2v) is 4.89. The normalized spacial score (nSPS) is 12.2. The fourth-order valence-electron chi connectivity index (χ4n) is 2.71. The Kier molecular flexibility index (Phi) is 2.72. The summed E-state index contributed by atoms with van der Waals surface area (Å²) in [5, 5.41) is 7.27. The summed E-state index contributed by atoms with van der Waals surface area (Å²) in [5.74, 6) is 0. The molecule has 0 saturated carbocycles. The molecular weight excluding hydrogens is 228 g/mol. The highest BCUT2D eigenvalue weighted by molar-refractivity contribution is 6.08. The topological polar surface area (TPSA) is 0 Å². The van der Waals surface area contributed by atoms with Gasteiger partial charge in [0.05, 0.1) is 0 Å². The molecule has 3 rings (SSSR count). The molecule has 0 heterocycles. The molecule has 0 unspecified atom stereocenters. The Labute approximate surface area is 113 Å². The molecule has 0 N–H and O–H groups in total. The highest BCUT2D eigenvalue weighted by atomic mass is 14.1. The quantitative estimate of drug-likeness (QED) is 0.573. The first-order chi connectivity index (χ1) is 9.22. The molecule has 0 spiro atoms. The molecule has 0 fully saturated rings. The van der Waals surface area contributed by atoms with Crippen molar-refractivity contribution in [3.63, 3.8) is 0 Å². The molecule has 0 amide bonds. The molecule has 3 aromatic carbocycles. The summed E-state index contributed by atoms with van der Waals surface area (Å²) in [6, 6.07) is 15.0. The van der Waals surface area contributed by atoms with Crippen LogP contribution < -0.4 is 10.4 Å². The van der Waals surface area contributed by atoms with E-state index in [4.69, 9.17) is 0 Å². The second kappa shape index (κ2) is 4.40. The highest BCUT2D eigenvalue weighted by Crippen LogP contribution is 2.21. The lowest BCUT2D eigenvalue weighted by molar-refractivity contribution is 1.50. The maximum Gasteiger partial charge on any atom is -0.00965 e. The number of hydrogen-bond acceptors (Lipinski definition) is 0. The Morgan fingerprint density at radius 2 is 1.58 bits per heavy atom. The Balaban J connectivity index is 2.74. The molecule has 0 nitrogen and oxygen atoms in total. The smallest absolute Gasteiger partial charge is 0.00965 e. The van der Waals surface area contributed by atoms with Gasteiger partial charge in [0, 0.05) is 0 Å². The monoisotopic (exact) mass is 244 g/mol. The van der Waals surface area contributed by atoms with Gasteiger partial charge < -0.3 is 0 Å². The van der Waals surface area contributed by atoms with Crippen molar-refractivity contribution in [2.75, 3.05) is 0 Å². The molecule has 19 heavy (non-hydrogen) atoms. The van der Waals surface area contributed by atoms with Crippen molar-refractivity contribution in [2.24, 2.45) is 0 Å². The predicted octanol–water partition coefficient (Wildman–Crippen LogP) is 3.68. The highest BCUT2D eigenvalue weighted by Gasteiger charge is 2.04. The van der Waals surface area contributed by atoms with Crippen molar-refractivity contribution >= 4 is 34.2 Å². The molecule has 0 aromatic heterocycles. The van der Waals surface area contributed by atoms with Crippen molar-refractivity contribution in [1.82, 2.24) is 0 Å². The molecule has 0 aliphatic heterocycles. The number of aryl methyl sites for hydroxylation is 1.